The van der Waals surface area contributed by atoms with E-state index in [0.29, 0.717) is 5.15 Å². The second kappa shape index (κ2) is 4.44. The highest BCUT2D eigenvalue weighted by atomic mass is 35.5. The summed E-state index contributed by atoms with van der Waals surface area (Å²) in [6.07, 6.45) is 2.96. The summed E-state index contributed by atoms with van der Waals surface area (Å²) >= 11 is 7.94. The van der Waals surface area contributed by atoms with E-state index in [0.717, 1.165) is 37.3 Å². The lowest BCUT2D eigenvalue weighted by molar-refractivity contribution is 0.454. The van der Waals surface area contributed by atoms with Crippen LogP contribution in [-0.4, -0.2) is 9.55 Å². The Labute approximate surface area is 109 Å². The van der Waals surface area contributed by atoms with Gasteiger partial charge in [0.25, 0.3) is 0 Å². The maximum atomic E-state index is 6.19. The van der Waals surface area contributed by atoms with Crippen molar-refractivity contribution in [3.05, 3.63) is 39.1 Å². The van der Waals surface area contributed by atoms with Gasteiger partial charge in [-0.2, -0.15) is 0 Å². The molecule has 0 amide bonds. The van der Waals surface area contributed by atoms with E-state index in [1.165, 1.54) is 4.88 Å². The molecule has 5 heteroatoms. The van der Waals surface area contributed by atoms with Gasteiger partial charge in [0.05, 0.1) is 5.69 Å². The molecule has 0 spiro atoms. The van der Waals surface area contributed by atoms with Gasteiger partial charge in [0.2, 0.25) is 0 Å². The summed E-state index contributed by atoms with van der Waals surface area (Å²) in [6.45, 7) is 0.990. The predicted molar refractivity (Wildman–Crippen MR) is 70.5 cm³/mol. The smallest absolute Gasteiger partial charge is 0.152 e. The summed E-state index contributed by atoms with van der Waals surface area (Å²) < 4.78 is 2.20. The largest absolute Gasteiger partial charge is 0.329 e. The molecule has 0 saturated heterocycles. The van der Waals surface area contributed by atoms with E-state index >= 15 is 0 Å². The number of hydrogen-bond donors (Lipinski definition) is 1. The summed E-state index contributed by atoms with van der Waals surface area (Å²) in [7, 11) is 0. The number of imidazole rings is 1. The summed E-state index contributed by atoms with van der Waals surface area (Å²) in [4.78, 5) is 5.79. The van der Waals surface area contributed by atoms with Crippen LogP contribution in [0.1, 0.15) is 35.3 Å². The first-order valence-corrected chi connectivity index (χ1v) is 7.04. The van der Waals surface area contributed by atoms with E-state index in [-0.39, 0.29) is 6.04 Å². The average Bonchev–Trinajstić information content (AvgIpc) is 2.90. The fourth-order valence-electron chi connectivity index (χ4n) is 2.39. The lowest BCUT2D eigenvalue weighted by atomic mass is 10.1. The van der Waals surface area contributed by atoms with Crippen LogP contribution >= 0.6 is 22.9 Å². The minimum absolute atomic E-state index is 0.0424. The maximum Gasteiger partial charge on any atom is 0.152 e. The molecule has 90 valence electrons. The van der Waals surface area contributed by atoms with E-state index in [9.17, 15) is 0 Å². The molecule has 17 heavy (non-hydrogen) atoms. The van der Waals surface area contributed by atoms with Gasteiger partial charge in [0, 0.05) is 23.9 Å². The molecule has 1 atom stereocenters. The second-order valence-corrected chi connectivity index (χ2v) is 5.75. The van der Waals surface area contributed by atoms with Crippen molar-refractivity contribution in [3.63, 3.8) is 0 Å². The summed E-state index contributed by atoms with van der Waals surface area (Å²) in [5.74, 6) is 1.04. The molecule has 0 aliphatic carbocycles. The van der Waals surface area contributed by atoms with E-state index in [1.807, 2.05) is 0 Å². The molecule has 2 N–H and O–H groups in total. The number of hydrogen-bond acceptors (Lipinski definition) is 3. The third-order valence-electron chi connectivity index (χ3n) is 3.20. The van der Waals surface area contributed by atoms with Crippen LogP contribution in [0, 0.1) is 0 Å². The van der Waals surface area contributed by atoms with Crippen molar-refractivity contribution in [1.29, 1.82) is 0 Å². The Morgan fingerprint density at radius 1 is 1.59 bits per heavy atom. The first-order valence-electron chi connectivity index (χ1n) is 5.78. The topological polar surface area (TPSA) is 43.8 Å². The van der Waals surface area contributed by atoms with Gasteiger partial charge >= 0.3 is 0 Å². The fraction of sp³-hybridized carbons (Fsp3) is 0.417. The molecule has 0 fully saturated rings. The number of nitrogens with two attached hydrogens (primary N) is 1. The maximum absolute atomic E-state index is 6.19. The zero-order valence-corrected chi connectivity index (χ0v) is 11.0. The zero-order chi connectivity index (χ0) is 11.8. The van der Waals surface area contributed by atoms with Crippen LogP contribution in [0.25, 0.3) is 0 Å². The van der Waals surface area contributed by atoms with Crippen LogP contribution in [0.4, 0.5) is 0 Å². The van der Waals surface area contributed by atoms with Crippen molar-refractivity contribution < 1.29 is 0 Å². The van der Waals surface area contributed by atoms with Gasteiger partial charge in [-0.25, -0.2) is 4.98 Å². The molecule has 1 unspecified atom stereocenters. The number of thiophene rings is 1. The Bertz CT molecular complexity index is 518. The Morgan fingerprint density at radius 3 is 3.24 bits per heavy atom. The van der Waals surface area contributed by atoms with Crippen molar-refractivity contribution in [2.45, 2.75) is 31.8 Å². The molecule has 2 aromatic heterocycles. The van der Waals surface area contributed by atoms with E-state index in [1.54, 1.807) is 11.3 Å². The molecule has 0 saturated carbocycles. The third kappa shape index (κ3) is 2.01. The number of rotatable bonds is 2. The van der Waals surface area contributed by atoms with Crippen LogP contribution in [-0.2, 0) is 13.0 Å². The molecule has 0 bridgehead atoms. The molecule has 0 aromatic carbocycles. The number of nitrogens with zero attached hydrogens (tertiary/aromatic N) is 2. The Balaban J connectivity index is 1.98. The van der Waals surface area contributed by atoms with Crippen LogP contribution in [0.3, 0.4) is 0 Å². The van der Waals surface area contributed by atoms with Crippen molar-refractivity contribution in [2.75, 3.05) is 0 Å². The van der Waals surface area contributed by atoms with Gasteiger partial charge in [0.1, 0.15) is 5.82 Å². The normalized spacial score (nSPS) is 19.3. The monoisotopic (exact) mass is 267 g/mol. The molecule has 1 aliphatic heterocycles. The van der Waals surface area contributed by atoms with Crippen LogP contribution in [0.15, 0.2) is 17.5 Å². The van der Waals surface area contributed by atoms with E-state index in [4.69, 9.17) is 17.3 Å². The number of aromatic nitrogens is 2. The minimum Gasteiger partial charge on any atom is -0.329 e. The molecule has 1 aliphatic rings. The zero-order valence-electron chi connectivity index (χ0n) is 9.40. The van der Waals surface area contributed by atoms with Gasteiger partial charge in [-0.15, -0.1) is 11.3 Å². The summed E-state index contributed by atoms with van der Waals surface area (Å²) in [6, 6.07) is 4.23. The second-order valence-electron chi connectivity index (χ2n) is 4.36. The van der Waals surface area contributed by atoms with E-state index in [2.05, 4.69) is 27.1 Å². The first kappa shape index (κ1) is 11.3. The number of halogens is 1. The molecular weight excluding hydrogens is 254 g/mol. The minimum atomic E-state index is 0.0424. The molecule has 3 rings (SSSR count). The summed E-state index contributed by atoms with van der Waals surface area (Å²) in [5.41, 5.74) is 7.11. The Hall–Kier alpha value is -0.840. The molecule has 0 radical (unpaired) electrons. The SMILES string of the molecule is NC1CCCn2c(Cc3cccs3)nc(Cl)c21. The number of fused-ring (bicyclic) bond motifs is 1. The first-order chi connectivity index (χ1) is 8.25. The van der Waals surface area contributed by atoms with Crippen LogP contribution in [0.5, 0.6) is 0 Å². The molecular formula is C12H14ClN3S. The average molecular weight is 268 g/mol. The standard InChI is InChI=1S/C12H14ClN3S/c13-12-11-9(14)4-1-5-16(11)10(15-12)7-8-3-2-6-17-8/h2-3,6,9H,1,4-5,7,14H2. The lowest BCUT2D eigenvalue weighted by Crippen LogP contribution is -2.22. The van der Waals surface area contributed by atoms with E-state index < -0.39 is 0 Å². The lowest BCUT2D eigenvalue weighted by Gasteiger charge is -2.22. The van der Waals surface area contributed by atoms with Crippen molar-refractivity contribution in [1.82, 2.24) is 9.55 Å². The third-order valence-corrected chi connectivity index (χ3v) is 4.36. The Kier molecular flexibility index (Phi) is 2.94. The molecule has 3 heterocycles. The predicted octanol–water partition coefficient (Wildman–Crippen LogP) is 2.98. The van der Waals surface area contributed by atoms with Crippen LogP contribution in [0.2, 0.25) is 5.15 Å². The quantitative estimate of drug-likeness (QED) is 0.909. The van der Waals surface area contributed by atoms with Crippen molar-refractivity contribution >= 4 is 22.9 Å². The van der Waals surface area contributed by atoms with Crippen molar-refractivity contribution in [3.8, 4) is 0 Å². The highest BCUT2D eigenvalue weighted by Gasteiger charge is 2.24. The highest BCUT2D eigenvalue weighted by molar-refractivity contribution is 7.09. The molecule has 2 aromatic rings. The summed E-state index contributed by atoms with van der Waals surface area (Å²) in [5, 5.41) is 2.67. The van der Waals surface area contributed by atoms with Gasteiger partial charge in [-0.1, -0.05) is 17.7 Å². The van der Waals surface area contributed by atoms with Gasteiger partial charge in [0.15, 0.2) is 5.15 Å². The van der Waals surface area contributed by atoms with Gasteiger partial charge in [-0.05, 0) is 24.3 Å². The van der Waals surface area contributed by atoms with Crippen LogP contribution < -0.4 is 5.73 Å². The molecule has 3 nitrogen and oxygen atoms in total. The Morgan fingerprint density at radius 2 is 2.47 bits per heavy atom. The van der Waals surface area contributed by atoms with Crippen molar-refractivity contribution in [2.24, 2.45) is 5.73 Å². The fourth-order valence-corrected chi connectivity index (χ4v) is 3.44. The van der Waals surface area contributed by atoms with Gasteiger partial charge < -0.3 is 10.3 Å². The highest BCUT2D eigenvalue weighted by Crippen LogP contribution is 2.31. The van der Waals surface area contributed by atoms with Gasteiger partial charge in [-0.3, -0.25) is 0 Å².